The smallest absolute Gasteiger partial charge is 0.263 e. The minimum Gasteiger partial charge on any atom is -0.325 e. The van der Waals surface area contributed by atoms with Gasteiger partial charge in [-0.25, -0.2) is 4.98 Å². The number of aryl methyl sites for hydroxylation is 1. The van der Waals surface area contributed by atoms with Gasteiger partial charge in [0, 0.05) is 22.5 Å². The van der Waals surface area contributed by atoms with Crippen molar-refractivity contribution >= 4 is 55.7 Å². The second-order valence-electron chi connectivity index (χ2n) is 6.75. The summed E-state index contributed by atoms with van der Waals surface area (Å²) in [5, 5.41) is 6.20. The summed E-state index contributed by atoms with van der Waals surface area (Å²) in [5.74, 6) is 0.0147. The number of aromatic nitrogens is 2. The summed E-state index contributed by atoms with van der Waals surface area (Å²) >= 11 is 2.79. The van der Waals surface area contributed by atoms with Crippen molar-refractivity contribution in [3.05, 3.63) is 76.4 Å². The molecule has 4 aromatic rings. The van der Waals surface area contributed by atoms with Crippen LogP contribution >= 0.6 is 23.1 Å². The number of carbonyl (C=O) groups excluding carboxylic acids is 1. The molecule has 0 aliphatic heterocycles. The molecule has 0 atom stereocenters. The number of fused-ring (bicyclic) bond motifs is 2. The van der Waals surface area contributed by atoms with Crippen LogP contribution in [0.25, 0.3) is 21.0 Å². The first-order chi connectivity index (χ1) is 14.6. The van der Waals surface area contributed by atoms with E-state index >= 15 is 0 Å². The Labute approximate surface area is 182 Å². The molecule has 0 fully saturated rings. The van der Waals surface area contributed by atoms with Gasteiger partial charge in [-0.1, -0.05) is 61.2 Å². The third-order valence-electron chi connectivity index (χ3n) is 4.72. The summed E-state index contributed by atoms with van der Waals surface area (Å²) in [6.45, 7) is 6.16. The lowest BCUT2D eigenvalue weighted by molar-refractivity contribution is -0.113. The Morgan fingerprint density at radius 2 is 2.03 bits per heavy atom. The maximum atomic E-state index is 12.9. The number of amides is 1. The molecule has 0 saturated carbocycles. The largest absolute Gasteiger partial charge is 0.325 e. The molecule has 5 nitrogen and oxygen atoms in total. The molecule has 1 amide bonds. The van der Waals surface area contributed by atoms with Crippen LogP contribution in [0.3, 0.4) is 0 Å². The minimum absolute atomic E-state index is 0.0900. The van der Waals surface area contributed by atoms with Crippen molar-refractivity contribution in [2.24, 2.45) is 0 Å². The topological polar surface area (TPSA) is 64.0 Å². The predicted octanol–water partition coefficient (Wildman–Crippen LogP) is 5.09. The van der Waals surface area contributed by atoms with Gasteiger partial charge >= 0.3 is 0 Å². The number of thioether (sulfide) groups is 1. The lowest BCUT2D eigenvalue weighted by atomic mass is 10.1. The molecule has 0 spiro atoms. The summed E-state index contributed by atoms with van der Waals surface area (Å²) in [6.07, 6.45) is 2.53. The highest BCUT2D eigenvalue weighted by atomic mass is 32.2. The van der Waals surface area contributed by atoms with Gasteiger partial charge in [-0.15, -0.1) is 17.9 Å². The van der Waals surface area contributed by atoms with E-state index < -0.39 is 0 Å². The number of rotatable bonds is 7. The maximum Gasteiger partial charge on any atom is 0.263 e. The van der Waals surface area contributed by atoms with Gasteiger partial charge < -0.3 is 5.32 Å². The first kappa shape index (κ1) is 20.4. The molecule has 0 bridgehead atoms. The third kappa shape index (κ3) is 4.04. The molecular weight excluding hydrogens is 414 g/mol. The van der Waals surface area contributed by atoms with E-state index in [1.54, 1.807) is 10.6 Å². The van der Waals surface area contributed by atoms with E-state index in [0.717, 1.165) is 27.8 Å². The van der Waals surface area contributed by atoms with E-state index in [0.29, 0.717) is 21.9 Å². The highest BCUT2D eigenvalue weighted by Crippen LogP contribution is 2.26. The van der Waals surface area contributed by atoms with Gasteiger partial charge in [0.15, 0.2) is 5.16 Å². The van der Waals surface area contributed by atoms with Crippen LogP contribution in [0.1, 0.15) is 11.8 Å². The molecule has 4 rings (SSSR count). The fraction of sp³-hybridized carbons (Fsp3) is 0.174. The van der Waals surface area contributed by atoms with Crippen molar-refractivity contribution < 1.29 is 4.79 Å². The molecule has 2 aromatic heterocycles. The van der Waals surface area contributed by atoms with Gasteiger partial charge in [0.2, 0.25) is 5.91 Å². The van der Waals surface area contributed by atoms with Crippen molar-refractivity contribution in [3.8, 4) is 0 Å². The fourth-order valence-electron chi connectivity index (χ4n) is 3.27. The molecule has 0 radical (unpaired) electrons. The van der Waals surface area contributed by atoms with Crippen LogP contribution in [-0.2, 0) is 17.8 Å². The summed E-state index contributed by atoms with van der Waals surface area (Å²) in [7, 11) is 0. The summed E-state index contributed by atoms with van der Waals surface area (Å²) < 4.78 is 1.58. The van der Waals surface area contributed by atoms with E-state index in [2.05, 4.69) is 23.8 Å². The predicted molar refractivity (Wildman–Crippen MR) is 127 cm³/mol. The molecule has 2 heterocycles. The number of hydrogen-bond acceptors (Lipinski definition) is 5. The van der Waals surface area contributed by atoms with Crippen LogP contribution in [-0.4, -0.2) is 21.2 Å². The van der Waals surface area contributed by atoms with E-state index in [1.165, 1.54) is 23.1 Å². The SMILES string of the molecule is C=CCn1c(SCC(=O)Nc2cccc3ccccc23)nc2sc(CC)cc2c1=O. The number of anilines is 1. The van der Waals surface area contributed by atoms with Crippen LogP contribution in [0.2, 0.25) is 0 Å². The minimum atomic E-state index is -0.142. The average molecular weight is 436 g/mol. The van der Waals surface area contributed by atoms with E-state index in [1.807, 2.05) is 48.5 Å². The number of hydrogen-bond donors (Lipinski definition) is 1. The van der Waals surface area contributed by atoms with Crippen molar-refractivity contribution in [1.29, 1.82) is 0 Å². The highest BCUT2D eigenvalue weighted by Gasteiger charge is 2.15. The van der Waals surface area contributed by atoms with Crippen molar-refractivity contribution in [1.82, 2.24) is 9.55 Å². The second kappa shape index (κ2) is 8.85. The van der Waals surface area contributed by atoms with E-state index in [4.69, 9.17) is 0 Å². The Kier molecular flexibility index (Phi) is 6.01. The highest BCUT2D eigenvalue weighted by molar-refractivity contribution is 7.99. The fourth-order valence-corrected chi connectivity index (χ4v) is 5.09. The van der Waals surface area contributed by atoms with Gasteiger partial charge in [-0.3, -0.25) is 14.2 Å². The van der Waals surface area contributed by atoms with E-state index in [9.17, 15) is 9.59 Å². The van der Waals surface area contributed by atoms with Gasteiger partial charge in [0.25, 0.3) is 5.56 Å². The number of nitrogens with zero attached hydrogens (tertiary/aromatic N) is 2. The van der Waals surface area contributed by atoms with Gasteiger partial charge in [0.1, 0.15) is 4.83 Å². The first-order valence-corrected chi connectivity index (χ1v) is 11.5. The van der Waals surface area contributed by atoms with Crippen LogP contribution in [0, 0.1) is 0 Å². The van der Waals surface area contributed by atoms with Crippen LogP contribution in [0.15, 0.2) is 71.1 Å². The molecule has 0 unspecified atom stereocenters. The molecule has 0 aliphatic carbocycles. The Morgan fingerprint density at radius 3 is 2.83 bits per heavy atom. The molecule has 30 heavy (non-hydrogen) atoms. The van der Waals surface area contributed by atoms with E-state index in [-0.39, 0.29) is 17.2 Å². The zero-order chi connectivity index (χ0) is 21.1. The Bertz CT molecular complexity index is 1300. The van der Waals surface area contributed by atoms with Gasteiger partial charge in [0.05, 0.1) is 11.1 Å². The zero-order valence-electron chi connectivity index (χ0n) is 16.6. The monoisotopic (exact) mass is 435 g/mol. The first-order valence-electron chi connectivity index (χ1n) is 9.65. The third-order valence-corrected chi connectivity index (χ3v) is 6.87. The van der Waals surface area contributed by atoms with Crippen LogP contribution in [0.5, 0.6) is 0 Å². The number of thiophene rings is 1. The number of allylic oxidation sites excluding steroid dienone is 1. The zero-order valence-corrected chi connectivity index (χ0v) is 18.2. The van der Waals surface area contributed by atoms with Crippen molar-refractivity contribution in [3.63, 3.8) is 0 Å². The summed E-state index contributed by atoms with van der Waals surface area (Å²) in [6, 6.07) is 15.7. The van der Waals surface area contributed by atoms with Crippen LogP contribution in [0.4, 0.5) is 5.69 Å². The Morgan fingerprint density at radius 1 is 1.23 bits per heavy atom. The molecular formula is C23H21N3O2S2. The quantitative estimate of drug-likeness (QED) is 0.249. The molecule has 0 saturated heterocycles. The Hall–Kier alpha value is -2.90. The molecule has 1 N–H and O–H groups in total. The lowest BCUT2D eigenvalue weighted by Crippen LogP contribution is -2.23. The molecule has 0 aliphatic rings. The Balaban J connectivity index is 1.57. The molecule has 7 heteroatoms. The van der Waals surface area contributed by atoms with Crippen molar-refractivity contribution in [2.75, 3.05) is 11.1 Å². The molecule has 152 valence electrons. The van der Waals surface area contributed by atoms with Crippen molar-refractivity contribution in [2.45, 2.75) is 25.0 Å². The standard InChI is InChI=1S/C23H21N3O2S2/c1-3-12-26-22(28)18-13-16(4-2)30-21(18)25-23(26)29-14-20(27)24-19-11-7-9-15-8-5-6-10-17(15)19/h3,5-11,13H,1,4,12,14H2,2H3,(H,24,27). The number of nitrogens with one attached hydrogen (secondary N) is 1. The normalized spacial score (nSPS) is 11.1. The summed E-state index contributed by atoms with van der Waals surface area (Å²) in [5.41, 5.74) is 0.684. The molecule has 2 aromatic carbocycles. The van der Waals surface area contributed by atoms with Gasteiger partial charge in [-0.05, 0) is 23.9 Å². The van der Waals surface area contributed by atoms with Gasteiger partial charge in [-0.2, -0.15) is 0 Å². The number of benzene rings is 2. The lowest BCUT2D eigenvalue weighted by Gasteiger charge is -2.11. The second-order valence-corrected chi connectivity index (χ2v) is 8.81. The maximum absolute atomic E-state index is 12.9. The summed E-state index contributed by atoms with van der Waals surface area (Å²) in [4.78, 5) is 32.1. The average Bonchev–Trinajstić information content (AvgIpc) is 3.18. The number of carbonyl (C=O) groups is 1. The van der Waals surface area contributed by atoms with Crippen LogP contribution < -0.4 is 10.9 Å².